The van der Waals surface area contributed by atoms with Gasteiger partial charge in [-0.05, 0) is 31.7 Å². The molecule has 0 aliphatic rings. The number of likely N-dealkylation sites (N-methyl/N-ethyl adjacent to an activating group) is 1. The van der Waals surface area contributed by atoms with E-state index in [4.69, 9.17) is 23.2 Å². The maximum Gasteiger partial charge on any atom is 0.224 e. The monoisotopic (exact) mass is 310 g/mol. The number of amides is 1. The molecule has 0 bridgehead atoms. The van der Waals surface area contributed by atoms with E-state index in [2.05, 4.69) is 10.6 Å². The lowest BCUT2D eigenvalue weighted by Crippen LogP contribution is -2.37. The van der Waals surface area contributed by atoms with Crippen LogP contribution in [0.15, 0.2) is 18.2 Å². The Kier molecular flexibility index (Phi) is 8.36. The summed E-state index contributed by atoms with van der Waals surface area (Å²) in [6.07, 6.45) is 0.270. The van der Waals surface area contributed by atoms with Gasteiger partial charge in [-0.1, -0.05) is 29.3 Å². The Morgan fingerprint density at radius 1 is 1.39 bits per heavy atom. The van der Waals surface area contributed by atoms with Gasteiger partial charge >= 0.3 is 0 Å². The van der Waals surface area contributed by atoms with E-state index in [1.54, 1.807) is 18.2 Å². The van der Waals surface area contributed by atoms with Gasteiger partial charge in [0.1, 0.15) is 0 Å². The van der Waals surface area contributed by atoms with Gasteiger partial charge in [0.25, 0.3) is 0 Å². The summed E-state index contributed by atoms with van der Waals surface area (Å²) in [5.74, 6) is -0.0451. The Labute approximate surface area is 124 Å². The number of benzene rings is 1. The van der Waals surface area contributed by atoms with Gasteiger partial charge in [0.05, 0.1) is 6.42 Å². The highest BCUT2D eigenvalue weighted by Crippen LogP contribution is 2.21. The van der Waals surface area contributed by atoms with E-state index >= 15 is 0 Å². The van der Waals surface area contributed by atoms with Crippen LogP contribution in [-0.2, 0) is 11.2 Å². The molecular weight excluding hydrogens is 295 g/mol. The van der Waals surface area contributed by atoms with Crippen LogP contribution in [0.1, 0.15) is 12.5 Å². The molecule has 0 spiro atoms. The smallest absolute Gasteiger partial charge is 0.224 e. The second kappa shape index (κ2) is 8.59. The standard InChI is InChI=1S/C12H16Cl2N2O.ClH/c1-8(15-2)7-16-12(17)5-9-3-4-10(13)6-11(9)14;/h3-4,6,8,15H,5,7H2,1-2H3,(H,16,17);1H. The van der Waals surface area contributed by atoms with E-state index in [0.29, 0.717) is 16.6 Å². The molecule has 18 heavy (non-hydrogen) atoms. The van der Waals surface area contributed by atoms with Crippen molar-refractivity contribution in [3.8, 4) is 0 Å². The third kappa shape index (κ3) is 5.91. The first-order valence-electron chi connectivity index (χ1n) is 5.41. The Morgan fingerprint density at radius 2 is 2.06 bits per heavy atom. The molecule has 1 unspecified atom stereocenters. The van der Waals surface area contributed by atoms with Crippen LogP contribution < -0.4 is 10.6 Å². The molecule has 0 aliphatic heterocycles. The zero-order valence-corrected chi connectivity index (χ0v) is 12.6. The maximum atomic E-state index is 11.6. The number of hydrogen-bond donors (Lipinski definition) is 2. The van der Waals surface area contributed by atoms with Crippen molar-refractivity contribution in [1.29, 1.82) is 0 Å². The Bertz CT molecular complexity index is 399. The molecule has 1 rings (SSSR count). The number of carbonyl (C=O) groups excluding carboxylic acids is 1. The predicted molar refractivity (Wildman–Crippen MR) is 78.9 cm³/mol. The fourth-order valence-electron chi connectivity index (χ4n) is 1.27. The second-order valence-electron chi connectivity index (χ2n) is 3.91. The van der Waals surface area contributed by atoms with Gasteiger partial charge in [0.15, 0.2) is 0 Å². The van der Waals surface area contributed by atoms with E-state index in [-0.39, 0.29) is 30.8 Å². The fourth-order valence-corrected chi connectivity index (χ4v) is 1.74. The van der Waals surface area contributed by atoms with Gasteiger partial charge in [0, 0.05) is 22.6 Å². The van der Waals surface area contributed by atoms with E-state index < -0.39 is 0 Å². The minimum Gasteiger partial charge on any atom is -0.354 e. The quantitative estimate of drug-likeness (QED) is 0.878. The summed E-state index contributed by atoms with van der Waals surface area (Å²) in [5, 5.41) is 6.97. The molecule has 102 valence electrons. The molecule has 1 amide bonds. The van der Waals surface area contributed by atoms with Gasteiger partial charge in [-0.3, -0.25) is 4.79 Å². The average molecular weight is 312 g/mol. The second-order valence-corrected chi connectivity index (χ2v) is 4.75. The van der Waals surface area contributed by atoms with Crippen LogP contribution in [0.25, 0.3) is 0 Å². The third-order valence-corrected chi connectivity index (χ3v) is 3.05. The molecule has 1 aromatic rings. The van der Waals surface area contributed by atoms with Crippen LogP contribution in [0, 0.1) is 0 Å². The van der Waals surface area contributed by atoms with Crippen LogP contribution in [0.2, 0.25) is 10.0 Å². The highest BCUT2D eigenvalue weighted by Gasteiger charge is 2.08. The minimum atomic E-state index is -0.0451. The van der Waals surface area contributed by atoms with Crippen LogP contribution in [0.3, 0.4) is 0 Å². The molecule has 0 saturated carbocycles. The highest BCUT2D eigenvalue weighted by atomic mass is 35.5. The van der Waals surface area contributed by atoms with Gasteiger partial charge in [-0.2, -0.15) is 0 Å². The van der Waals surface area contributed by atoms with Gasteiger partial charge < -0.3 is 10.6 Å². The molecule has 2 N–H and O–H groups in total. The summed E-state index contributed by atoms with van der Waals surface area (Å²) in [4.78, 5) is 11.6. The van der Waals surface area contributed by atoms with Crippen molar-refractivity contribution in [2.45, 2.75) is 19.4 Å². The molecule has 0 fully saturated rings. The molecule has 3 nitrogen and oxygen atoms in total. The first kappa shape index (κ1) is 17.5. The number of nitrogens with one attached hydrogen (secondary N) is 2. The molecular formula is C12H17Cl3N2O. The van der Waals surface area contributed by atoms with Crippen LogP contribution >= 0.6 is 35.6 Å². The number of hydrogen-bond acceptors (Lipinski definition) is 2. The summed E-state index contributed by atoms with van der Waals surface area (Å²) in [7, 11) is 1.85. The minimum absolute atomic E-state index is 0. The average Bonchev–Trinajstić information content (AvgIpc) is 2.29. The SMILES string of the molecule is CNC(C)CNC(=O)Cc1ccc(Cl)cc1Cl.Cl. The number of rotatable bonds is 5. The highest BCUT2D eigenvalue weighted by molar-refractivity contribution is 6.35. The van der Waals surface area contributed by atoms with E-state index in [0.717, 1.165) is 5.56 Å². The van der Waals surface area contributed by atoms with Crippen molar-refractivity contribution >= 4 is 41.5 Å². The summed E-state index contributed by atoms with van der Waals surface area (Å²) < 4.78 is 0. The van der Waals surface area contributed by atoms with Crippen LogP contribution in [0.4, 0.5) is 0 Å². The number of halogens is 3. The van der Waals surface area contributed by atoms with Crippen molar-refractivity contribution in [1.82, 2.24) is 10.6 Å². The van der Waals surface area contributed by atoms with Gasteiger partial charge in [-0.15, -0.1) is 12.4 Å². The Morgan fingerprint density at radius 3 is 2.61 bits per heavy atom. The molecule has 0 saturated heterocycles. The molecule has 6 heteroatoms. The Hall–Kier alpha value is -0.480. The van der Waals surface area contributed by atoms with E-state index in [9.17, 15) is 4.79 Å². The predicted octanol–water partition coefficient (Wildman–Crippen LogP) is 2.68. The van der Waals surface area contributed by atoms with Gasteiger partial charge in [-0.25, -0.2) is 0 Å². The van der Waals surface area contributed by atoms with Crippen molar-refractivity contribution in [2.75, 3.05) is 13.6 Å². The zero-order valence-electron chi connectivity index (χ0n) is 10.3. The van der Waals surface area contributed by atoms with Crippen molar-refractivity contribution in [3.05, 3.63) is 33.8 Å². The lowest BCUT2D eigenvalue weighted by atomic mass is 10.1. The molecule has 0 heterocycles. The largest absolute Gasteiger partial charge is 0.354 e. The maximum absolute atomic E-state index is 11.6. The summed E-state index contributed by atoms with van der Waals surface area (Å²) in [6.45, 7) is 2.59. The summed E-state index contributed by atoms with van der Waals surface area (Å²) in [6, 6.07) is 5.39. The van der Waals surface area contributed by atoms with Crippen LogP contribution in [0.5, 0.6) is 0 Å². The molecule has 0 aliphatic carbocycles. The Balaban J connectivity index is 0.00000289. The summed E-state index contributed by atoms with van der Waals surface area (Å²) >= 11 is 11.8. The van der Waals surface area contributed by atoms with E-state index in [1.807, 2.05) is 14.0 Å². The topological polar surface area (TPSA) is 41.1 Å². The summed E-state index contributed by atoms with van der Waals surface area (Å²) in [5.41, 5.74) is 0.783. The number of carbonyl (C=O) groups is 1. The third-order valence-electron chi connectivity index (χ3n) is 2.46. The molecule has 1 atom stereocenters. The normalized spacial score (nSPS) is 11.6. The van der Waals surface area contributed by atoms with Gasteiger partial charge in [0.2, 0.25) is 5.91 Å². The fraction of sp³-hybridized carbons (Fsp3) is 0.417. The van der Waals surface area contributed by atoms with Crippen molar-refractivity contribution in [3.63, 3.8) is 0 Å². The lowest BCUT2D eigenvalue weighted by molar-refractivity contribution is -0.120. The van der Waals surface area contributed by atoms with Crippen molar-refractivity contribution < 1.29 is 4.79 Å². The molecule has 0 aromatic heterocycles. The van der Waals surface area contributed by atoms with Crippen molar-refractivity contribution in [2.24, 2.45) is 0 Å². The zero-order chi connectivity index (χ0) is 12.8. The first-order valence-corrected chi connectivity index (χ1v) is 6.16. The van der Waals surface area contributed by atoms with Crippen LogP contribution in [-0.4, -0.2) is 25.5 Å². The first-order chi connectivity index (χ1) is 8.02. The van der Waals surface area contributed by atoms with E-state index in [1.165, 1.54) is 0 Å². The molecule has 1 aromatic carbocycles. The molecule has 0 radical (unpaired) electrons. The lowest BCUT2D eigenvalue weighted by Gasteiger charge is -2.11.